The van der Waals surface area contributed by atoms with E-state index in [1.165, 1.54) is 0 Å². The number of aromatic amines is 1. The molecule has 3 aromatic heterocycles. The molecule has 118 valence electrons. The Morgan fingerprint density at radius 3 is 2.91 bits per heavy atom. The second-order valence-corrected chi connectivity index (χ2v) is 6.09. The molecule has 0 amide bonds. The summed E-state index contributed by atoms with van der Waals surface area (Å²) >= 11 is 0. The van der Waals surface area contributed by atoms with E-state index in [4.69, 9.17) is 4.98 Å². The fourth-order valence-corrected chi connectivity index (χ4v) is 3.08. The summed E-state index contributed by atoms with van der Waals surface area (Å²) in [6.07, 6.45) is 7.81. The first kappa shape index (κ1) is 14.1. The van der Waals surface area contributed by atoms with E-state index in [1.807, 2.05) is 24.5 Å². The fourth-order valence-electron chi connectivity index (χ4n) is 3.08. The van der Waals surface area contributed by atoms with Crippen LogP contribution in [0, 0.1) is 0 Å². The van der Waals surface area contributed by atoms with E-state index in [9.17, 15) is 0 Å². The number of nitrogens with one attached hydrogen (secondary N) is 2. The van der Waals surface area contributed by atoms with Gasteiger partial charge < -0.3 is 15.2 Å². The lowest BCUT2D eigenvalue weighted by Crippen LogP contribution is -2.37. The molecule has 4 rings (SSSR count). The lowest BCUT2D eigenvalue weighted by Gasteiger charge is -2.29. The van der Waals surface area contributed by atoms with Gasteiger partial charge in [-0.1, -0.05) is 0 Å². The maximum Gasteiger partial charge on any atom is 0.223 e. The van der Waals surface area contributed by atoms with Crippen LogP contribution in [0.15, 0.2) is 36.8 Å². The summed E-state index contributed by atoms with van der Waals surface area (Å²) in [6.45, 7) is 2.23. The molecule has 2 N–H and O–H groups in total. The largest absolute Gasteiger partial charge is 0.351 e. The van der Waals surface area contributed by atoms with Crippen molar-refractivity contribution in [2.45, 2.75) is 18.9 Å². The van der Waals surface area contributed by atoms with Crippen LogP contribution in [0.1, 0.15) is 12.8 Å². The van der Waals surface area contributed by atoms with E-state index in [-0.39, 0.29) is 0 Å². The van der Waals surface area contributed by atoms with Crippen LogP contribution in [0.2, 0.25) is 0 Å². The molecule has 0 radical (unpaired) electrons. The third-order valence-corrected chi connectivity index (χ3v) is 4.43. The maximum absolute atomic E-state index is 4.69. The number of fused-ring (bicyclic) bond motifs is 1. The molecule has 1 aliphatic heterocycles. The average molecular weight is 308 g/mol. The van der Waals surface area contributed by atoms with Gasteiger partial charge >= 0.3 is 0 Å². The van der Waals surface area contributed by atoms with Gasteiger partial charge in [0.1, 0.15) is 5.65 Å². The fraction of sp³-hybridized carbons (Fsp3) is 0.353. The Bertz CT molecular complexity index is 803. The van der Waals surface area contributed by atoms with E-state index >= 15 is 0 Å². The Kier molecular flexibility index (Phi) is 3.67. The molecule has 1 saturated heterocycles. The van der Waals surface area contributed by atoms with E-state index in [2.05, 4.69) is 38.3 Å². The Hall–Kier alpha value is -2.47. The summed E-state index contributed by atoms with van der Waals surface area (Å²) in [5, 5.41) is 4.56. The van der Waals surface area contributed by atoms with Crippen LogP contribution in [0.25, 0.3) is 22.3 Å². The van der Waals surface area contributed by atoms with Crippen LogP contribution in [0.4, 0.5) is 5.95 Å². The molecule has 0 spiro atoms. The van der Waals surface area contributed by atoms with Gasteiger partial charge in [-0.05, 0) is 51.2 Å². The van der Waals surface area contributed by atoms with Gasteiger partial charge in [-0.2, -0.15) is 0 Å². The van der Waals surface area contributed by atoms with Crippen LogP contribution in [0.3, 0.4) is 0 Å². The summed E-state index contributed by atoms with van der Waals surface area (Å²) in [7, 11) is 2.17. The highest BCUT2D eigenvalue weighted by Gasteiger charge is 2.17. The normalized spacial score (nSPS) is 16.7. The van der Waals surface area contributed by atoms with Crippen molar-refractivity contribution in [1.82, 2.24) is 24.8 Å². The van der Waals surface area contributed by atoms with E-state index in [0.29, 0.717) is 12.0 Å². The van der Waals surface area contributed by atoms with Crippen molar-refractivity contribution in [1.29, 1.82) is 0 Å². The third kappa shape index (κ3) is 2.90. The van der Waals surface area contributed by atoms with Gasteiger partial charge in [0.05, 0.1) is 5.69 Å². The highest BCUT2D eigenvalue weighted by Crippen LogP contribution is 2.26. The maximum atomic E-state index is 4.69. The lowest BCUT2D eigenvalue weighted by atomic mass is 10.1. The van der Waals surface area contributed by atoms with Crippen molar-refractivity contribution in [3.05, 3.63) is 36.8 Å². The molecule has 23 heavy (non-hydrogen) atoms. The molecule has 6 heteroatoms. The summed E-state index contributed by atoms with van der Waals surface area (Å²) in [6, 6.07) is 6.39. The number of pyridine rings is 1. The monoisotopic (exact) mass is 308 g/mol. The first-order valence-corrected chi connectivity index (χ1v) is 8.00. The second-order valence-electron chi connectivity index (χ2n) is 6.09. The Balaban J connectivity index is 1.59. The number of rotatable bonds is 3. The van der Waals surface area contributed by atoms with E-state index in [0.717, 1.165) is 48.2 Å². The molecule has 0 aromatic carbocycles. The molecule has 0 bridgehead atoms. The van der Waals surface area contributed by atoms with Crippen molar-refractivity contribution < 1.29 is 0 Å². The number of hydrogen-bond acceptors (Lipinski definition) is 5. The molecule has 0 saturated carbocycles. The molecule has 1 aliphatic rings. The van der Waals surface area contributed by atoms with Gasteiger partial charge in [0.25, 0.3) is 0 Å². The van der Waals surface area contributed by atoms with Crippen LogP contribution < -0.4 is 5.32 Å². The van der Waals surface area contributed by atoms with Gasteiger partial charge in [0.2, 0.25) is 5.95 Å². The first-order valence-electron chi connectivity index (χ1n) is 8.00. The molecule has 0 aliphatic carbocycles. The van der Waals surface area contributed by atoms with E-state index in [1.54, 1.807) is 6.20 Å². The molecule has 1 fully saturated rings. The number of aromatic nitrogens is 4. The van der Waals surface area contributed by atoms with Gasteiger partial charge in [0.15, 0.2) is 0 Å². The number of anilines is 1. The zero-order chi connectivity index (χ0) is 15.6. The number of hydrogen-bond donors (Lipinski definition) is 2. The van der Waals surface area contributed by atoms with Crippen LogP contribution in [-0.2, 0) is 0 Å². The topological polar surface area (TPSA) is 69.7 Å². The lowest BCUT2D eigenvalue weighted by molar-refractivity contribution is 0.263. The predicted molar refractivity (Wildman–Crippen MR) is 91.3 cm³/mol. The summed E-state index contributed by atoms with van der Waals surface area (Å²) in [5.41, 5.74) is 2.85. The van der Waals surface area contributed by atoms with Crippen LogP contribution in [-0.4, -0.2) is 51.0 Å². The molecule has 0 atom stereocenters. The quantitative estimate of drug-likeness (QED) is 0.778. The second kappa shape index (κ2) is 5.96. The molecule has 6 nitrogen and oxygen atoms in total. The van der Waals surface area contributed by atoms with Crippen molar-refractivity contribution in [3.63, 3.8) is 0 Å². The van der Waals surface area contributed by atoms with Gasteiger partial charge in [-0.15, -0.1) is 0 Å². The summed E-state index contributed by atoms with van der Waals surface area (Å²) in [4.78, 5) is 19.0. The molecule has 4 heterocycles. The Morgan fingerprint density at radius 2 is 2.04 bits per heavy atom. The van der Waals surface area contributed by atoms with Crippen LogP contribution in [0.5, 0.6) is 0 Å². The highest BCUT2D eigenvalue weighted by atomic mass is 15.2. The van der Waals surface area contributed by atoms with Crippen molar-refractivity contribution in [3.8, 4) is 11.3 Å². The van der Waals surface area contributed by atoms with Gasteiger partial charge in [0, 0.05) is 35.6 Å². The number of piperidine rings is 1. The molecule has 0 unspecified atom stereocenters. The number of likely N-dealkylation sites (tertiary alicyclic amines) is 1. The number of H-pyrrole nitrogens is 1. The summed E-state index contributed by atoms with van der Waals surface area (Å²) in [5.74, 6) is 0.704. The average Bonchev–Trinajstić information content (AvgIpc) is 3.01. The Morgan fingerprint density at radius 1 is 1.17 bits per heavy atom. The minimum atomic E-state index is 0.450. The van der Waals surface area contributed by atoms with Gasteiger partial charge in [-0.3, -0.25) is 0 Å². The number of nitrogens with zero attached hydrogens (tertiary/aromatic N) is 4. The molecular formula is C17H20N6. The smallest absolute Gasteiger partial charge is 0.223 e. The van der Waals surface area contributed by atoms with Crippen molar-refractivity contribution in [2.75, 3.05) is 25.5 Å². The van der Waals surface area contributed by atoms with Crippen LogP contribution >= 0.6 is 0 Å². The molecule has 3 aromatic rings. The van der Waals surface area contributed by atoms with E-state index < -0.39 is 0 Å². The SMILES string of the molecule is CN1CCC(Nc2nccc(-c3c[nH]c4ncccc34)n2)CC1. The minimum Gasteiger partial charge on any atom is -0.351 e. The summed E-state index contributed by atoms with van der Waals surface area (Å²) < 4.78 is 0. The van der Waals surface area contributed by atoms with Crippen molar-refractivity contribution >= 4 is 17.0 Å². The van der Waals surface area contributed by atoms with Crippen molar-refractivity contribution in [2.24, 2.45) is 0 Å². The van der Waals surface area contributed by atoms with Gasteiger partial charge in [-0.25, -0.2) is 15.0 Å². The minimum absolute atomic E-state index is 0.450. The first-order chi connectivity index (χ1) is 11.3. The zero-order valence-electron chi connectivity index (χ0n) is 13.2. The third-order valence-electron chi connectivity index (χ3n) is 4.43. The predicted octanol–water partition coefficient (Wildman–Crippen LogP) is 2.53. The highest BCUT2D eigenvalue weighted by molar-refractivity contribution is 5.92. The standard InChI is InChI=1S/C17H20N6/c1-23-9-5-12(6-10-23)21-17-19-8-4-15(22-17)14-11-20-16-13(14)3-2-7-18-16/h2-4,7-8,11-12H,5-6,9-10H2,1H3,(H,18,20)(H,19,21,22). The Labute approximate surface area is 135 Å². The molecular weight excluding hydrogens is 288 g/mol. The zero-order valence-corrected chi connectivity index (χ0v) is 13.2.